The summed E-state index contributed by atoms with van der Waals surface area (Å²) in [4.78, 5) is 25.8. The summed E-state index contributed by atoms with van der Waals surface area (Å²) in [5.41, 5.74) is 1.09. The number of aliphatic imine (C=N–C) groups is 1. The van der Waals surface area contributed by atoms with Gasteiger partial charge in [-0.05, 0) is 55.0 Å². The second-order valence-corrected chi connectivity index (χ2v) is 8.44. The number of nitrogens with one attached hydrogen (secondary N) is 1. The van der Waals surface area contributed by atoms with Crippen LogP contribution in [-0.2, 0) is 0 Å². The van der Waals surface area contributed by atoms with E-state index in [9.17, 15) is 25.5 Å². The first-order valence-corrected chi connectivity index (χ1v) is 11.7. The van der Waals surface area contributed by atoms with Crippen LogP contribution in [0.1, 0.15) is 29.4 Å². The van der Waals surface area contributed by atoms with Gasteiger partial charge >= 0.3 is 0 Å². The van der Waals surface area contributed by atoms with Crippen molar-refractivity contribution >= 4 is 28.8 Å². The third-order valence-corrected chi connectivity index (χ3v) is 5.94. The number of phenolic OH excluding ortho intramolecular Hbond substituents is 2. The normalized spacial score (nSPS) is 11.5. The third kappa shape index (κ3) is 4.61. The van der Waals surface area contributed by atoms with Gasteiger partial charge in [0.1, 0.15) is 40.5 Å². The average Bonchev–Trinajstić information content (AvgIpc) is 3.39. The molecule has 3 aromatic carbocycles. The molecule has 2 aromatic heterocycles. The lowest BCUT2D eigenvalue weighted by Crippen LogP contribution is -2.23. The lowest BCUT2D eigenvalue weighted by molar-refractivity contribution is 0.475. The summed E-state index contributed by atoms with van der Waals surface area (Å²) in [6.45, 7) is 1.63. The Morgan fingerprint density at radius 2 is 1.67 bits per heavy atom. The van der Waals surface area contributed by atoms with Crippen molar-refractivity contribution in [3.63, 3.8) is 0 Å². The van der Waals surface area contributed by atoms with Gasteiger partial charge < -0.3 is 15.2 Å². The Balaban J connectivity index is 1.80. The molecule has 10 nitrogen and oxygen atoms in total. The number of pyridine rings is 1. The van der Waals surface area contributed by atoms with Crippen LogP contribution in [-0.4, -0.2) is 36.8 Å². The Morgan fingerprint density at radius 1 is 0.974 bits per heavy atom. The van der Waals surface area contributed by atoms with Crippen LogP contribution in [0.3, 0.4) is 0 Å². The molecule has 0 aliphatic carbocycles. The van der Waals surface area contributed by atoms with Gasteiger partial charge in [-0.15, -0.1) is 0 Å². The van der Waals surface area contributed by atoms with Crippen LogP contribution < -0.4 is 5.56 Å². The number of H-pyrrole nitrogens is 1. The highest BCUT2D eigenvalue weighted by atomic mass is 16.3. The number of aromatic nitrogens is 3. The number of benzene rings is 3. The summed E-state index contributed by atoms with van der Waals surface area (Å²) >= 11 is 0. The van der Waals surface area contributed by atoms with E-state index in [1.807, 2.05) is 36.4 Å². The van der Waals surface area contributed by atoms with Crippen LogP contribution in [0.2, 0.25) is 0 Å². The topological polar surface area (TPSA) is 163 Å². The molecule has 5 rings (SSSR count). The van der Waals surface area contributed by atoms with Gasteiger partial charge in [-0.3, -0.25) is 4.79 Å². The van der Waals surface area contributed by atoms with Crippen LogP contribution in [0.25, 0.3) is 22.2 Å². The lowest BCUT2D eigenvalue weighted by atomic mass is 9.96. The monoisotopic (exact) mass is 513 g/mol. The fourth-order valence-corrected chi connectivity index (χ4v) is 4.05. The molecule has 5 aromatic rings. The van der Waals surface area contributed by atoms with Gasteiger partial charge in [0.2, 0.25) is 0 Å². The van der Waals surface area contributed by atoms with E-state index >= 15 is 0 Å². The predicted molar refractivity (Wildman–Crippen MR) is 146 cm³/mol. The van der Waals surface area contributed by atoms with Crippen molar-refractivity contribution in [2.45, 2.75) is 6.92 Å². The van der Waals surface area contributed by atoms with Crippen molar-refractivity contribution in [1.29, 1.82) is 10.5 Å². The number of nitriles is 2. The number of hydrogen-bond donors (Lipinski definition) is 3. The Hall–Kier alpha value is -6.00. The van der Waals surface area contributed by atoms with Gasteiger partial charge in [0.05, 0.1) is 11.0 Å². The van der Waals surface area contributed by atoms with E-state index in [0.29, 0.717) is 22.6 Å². The predicted octanol–water partition coefficient (Wildman–Crippen LogP) is 4.57. The second kappa shape index (κ2) is 10.2. The Labute approximate surface area is 221 Å². The number of imidazole rings is 1. The van der Waals surface area contributed by atoms with Crippen molar-refractivity contribution in [3.8, 4) is 34.8 Å². The van der Waals surface area contributed by atoms with Crippen LogP contribution in [0, 0.1) is 22.7 Å². The molecule has 0 aliphatic heterocycles. The first kappa shape index (κ1) is 24.7. The quantitative estimate of drug-likeness (QED) is 0.291. The molecule has 39 heavy (non-hydrogen) atoms. The largest absolute Gasteiger partial charge is 0.508 e. The standard InChI is InChI=1S/C29H19N7O3/c1-17(27-33-23-7-3-4-8-24(23)34-27)35-36-28(32-16-18-10-12-19(37)13-11-18)21(14-30)26(22(15-31)29(36)39)20-6-2-5-9-25(20)38/h2-13,16,37-38H,1H3,(H,33,34)/b32-16?,35-17+. The van der Waals surface area contributed by atoms with E-state index in [2.05, 4.69) is 20.1 Å². The zero-order chi connectivity index (χ0) is 27.5. The number of fused-ring (bicyclic) bond motifs is 1. The first-order valence-electron chi connectivity index (χ1n) is 11.7. The Bertz CT molecular complexity index is 1900. The Kier molecular flexibility index (Phi) is 6.43. The third-order valence-electron chi connectivity index (χ3n) is 5.94. The molecule has 10 heteroatoms. The molecule has 188 valence electrons. The maximum atomic E-state index is 13.7. The van der Waals surface area contributed by atoms with Gasteiger partial charge in [-0.1, -0.05) is 30.3 Å². The molecule has 0 bridgehead atoms. The summed E-state index contributed by atoms with van der Waals surface area (Å²) < 4.78 is 0.889. The molecule has 0 atom stereocenters. The van der Waals surface area contributed by atoms with Gasteiger partial charge in [-0.2, -0.15) is 20.3 Å². The average molecular weight is 514 g/mol. The highest BCUT2D eigenvalue weighted by Gasteiger charge is 2.25. The minimum atomic E-state index is -0.830. The molecule has 2 heterocycles. The summed E-state index contributed by atoms with van der Waals surface area (Å²) in [6, 6.07) is 23.5. The van der Waals surface area contributed by atoms with Crippen molar-refractivity contribution in [3.05, 3.63) is 106 Å². The zero-order valence-electron chi connectivity index (χ0n) is 20.5. The highest BCUT2D eigenvalue weighted by molar-refractivity contribution is 5.98. The van der Waals surface area contributed by atoms with Gasteiger partial charge in [0.15, 0.2) is 11.6 Å². The van der Waals surface area contributed by atoms with Crippen LogP contribution in [0.15, 0.2) is 87.7 Å². The molecule has 0 unspecified atom stereocenters. The maximum absolute atomic E-state index is 13.7. The van der Waals surface area contributed by atoms with E-state index in [4.69, 9.17) is 0 Å². The second-order valence-electron chi connectivity index (χ2n) is 8.44. The SMILES string of the molecule is C/C(=N\n1c(N=Cc2ccc(O)cc2)c(C#N)c(-c2ccccc2O)c(C#N)c1=O)c1nc2ccccc2[nH]1. The van der Waals surface area contributed by atoms with Crippen molar-refractivity contribution < 1.29 is 10.2 Å². The summed E-state index contributed by atoms with van der Waals surface area (Å²) in [7, 11) is 0. The van der Waals surface area contributed by atoms with Crippen molar-refractivity contribution in [1.82, 2.24) is 14.6 Å². The van der Waals surface area contributed by atoms with Crippen molar-refractivity contribution in [2.24, 2.45) is 10.1 Å². The molecule has 0 aliphatic rings. The van der Waals surface area contributed by atoms with Crippen LogP contribution >= 0.6 is 0 Å². The van der Waals surface area contributed by atoms with Crippen LogP contribution in [0.5, 0.6) is 11.5 Å². The summed E-state index contributed by atoms with van der Waals surface area (Å²) in [5, 5.41) is 44.8. The van der Waals surface area contributed by atoms with Gasteiger partial charge in [0.25, 0.3) is 5.56 Å². The number of aromatic hydroxyl groups is 2. The Morgan fingerprint density at radius 3 is 2.36 bits per heavy atom. The molecule has 0 saturated carbocycles. The molecular weight excluding hydrogens is 494 g/mol. The number of rotatable bonds is 5. The van der Waals surface area contributed by atoms with Gasteiger partial charge in [0, 0.05) is 17.3 Å². The maximum Gasteiger partial charge on any atom is 0.291 e. The lowest BCUT2D eigenvalue weighted by Gasteiger charge is -2.14. The molecule has 0 radical (unpaired) electrons. The smallest absolute Gasteiger partial charge is 0.291 e. The van der Waals surface area contributed by atoms with E-state index < -0.39 is 5.56 Å². The number of phenols is 2. The molecule has 0 spiro atoms. The van der Waals surface area contributed by atoms with Crippen molar-refractivity contribution in [2.75, 3.05) is 0 Å². The minimum Gasteiger partial charge on any atom is -0.508 e. The zero-order valence-corrected chi connectivity index (χ0v) is 20.5. The molecule has 0 saturated heterocycles. The molecule has 0 amide bonds. The van der Waals surface area contributed by atoms with E-state index in [-0.39, 0.29) is 39.6 Å². The fourth-order valence-electron chi connectivity index (χ4n) is 4.05. The van der Waals surface area contributed by atoms with E-state index in [1.54, 1.807) is 31.2 Å². The number of nitrogens with zero attached hydrogens (tertiary/aromatic N) is 6. The molecular formula is C29H19N7O3. The van der Waals surface area contributed by atoms with E-state index in [1.165, 1.54) is 30.5 Å². The van der Waals surface area contributed by atoms with Crippen LogP contribution in [0.4, 0.5) is 5.82 Å². The molecule has 0 fully saturated rings. The van der Waals surface area contributed by atoms with Gasteiger partial charge in [-0.25, -0.2) is 9.98 Å². The minimum absolute atomic E-state index is 0.0474. The van der Waals surface area contributed by atoms with E-state index in [0.717, 1.165) is 10.2 Å². The number of aromatic amines is 1. The summed E-state index contributed by atoms with van der Waals surface area (Å²) in [5.74, 6) is 0.0905. The molecule has 3 N–H and O–H groups in total. The first-order chi connectivity index (χ1) is 18.9. The fraction of sp³-hybridized carbons (Fsp3) is 0.0345. The summed E-state index contributed by atoms with van der Waals surface area (Å²) in [6.07, 6.45) is 1.40. The highest BCUT2D eigenvalue weighted by Crippen LogP contribution is 2.36. The number of hydrogen-bond acceptors (Lipinski definition) is 8. The number of para-hydroxylation sites is 3.